The second kappa shape index (κ2) is 8.89. The van der Waals surface area contributed by atoms with Gasteiger partial charge in [-0.25, -0.2) is 9.50 Å². The van der Waals surface area contributed by atoms with Crippen molar-refractivity contribution in [3.8, 4) is 0 Å². The van der Waals surface area contributed by atoms with E-state index in [1.54, 1.807) is 16.3 Å². The molecule has 0 bridgehead atoms. The first kappa shape index (κ1) is 20.4. The van der Waals surface area contributed by atoms with Crippen LogP contribution in [0.5, 0.6) is 0 Å². The fourth-order valence-electron chi connectivity index (χ4n) is 3.12. The molecule has 2 aromatic carbocycles. The molecule has 152 valence electrons. The van der Waals surface area contributed by atoms with Crippen molar-refractivity contribution in [3.63, 3.8) is 0 Å². The van der Waals surface area contributed by atoms with E-state index in [0.29, 0.717) is 22.3 Å². The summed E-state index contributed by atoms with van der Waals surface area (Å²) >= 11 is 3.13. The number of hydrogen-bond acceptors (Lipinski definition) is 6. The van der Waals surface area contributed by atoms with Crippen molar-refractivity contribution in [2.75, 3.05) is 11.6 Å². The second-order valence-corrected chi connectivity index (χ2v) is 8.60. The minimum atomic E-state index is -0.124. The smallest absolute Gasteiger partial charge is 0.255 e. The van der Waals surface area contributed by atoms with Gasteiger partial charge >= 0.3 is 0 Å². The van der Waals surface area contributed by atoms with Crippen LogP contribution in [0.25, 0.3) is 5.78 Å². The van der Waals surface area contributed by atoms with Gasteiger partial charge in [0.25, 0.3) is 11.7 Å². The summed E-state index contributed by atoms with van der Waals surface area (Å²) in [5.74, 6) is 1.05. The quantitative estimate of drug-likeness (QED) is 0.429. The highest BCUT2D eigenvalue weighted by atomic mass is 32.2. The van der Waals surface area contributed by atoms with E-state index in [1.165, 1.54) is 11.8 Å². The topological polar surface area (TPSA) is 72.2 Å². The lowest BCUT2D eigenvalue weighted by atomic mass is 10.1. The first-order valence-electron chi connectivity index (χ1n) is 9.40. The van der Waals surface area contributed by atoms with Gasteiger partial charge in [0.1, 0.15) is 0 Å². The Kier molecular flexibility index (Phi) is 6.06. The molecule has 0 fully saturated rings. The van der Waals surface area contributed by atoms with Gasteiger partial charge in [0, 0.05) is 33.3 Å². The summed E-state index contributed by atoms with van der Waals surface area (Å²) in [6.45, 7) is 3.93. The van der Waals surface area contributed by atoms with Crippen molar-refractivity contribution in [2.45, 2.75) is 29.7 Å². The van der Waals surface area contributed by atoms with E-state index in [9.17, 15) is 4.79 Å². The first-order valence-corrected chi connectivity index (χ1v) is 11.6. The molecule has 0 unspecified atom stereocenters. The molecule has 4 rings (SSSR count). The summed E-state index contributed by atoms with van der Waals surface area (Å²) in [4.78, 5) is 22.9. The average molecular weight is 436 g/mol. The lowest BCUT2D eigenvalue weighted by Gasteiger charge is -2.10. The zero-order chi connectivity index (χ0) is 21.1. The predicted octanol–water partition coefficient (Wildman–Crippen LogP) is 5.01. The predicted molar refractivity (Wildman–Crippen MR) is 122 cm³/mol. The molecule has 2 heterocycles. The Balaban J connectivity index is 1.52. The minimum Gasteiger partial charge on any atom is -0.322 e. The summed E-state index contributed by atoms with van der Waals surface area (Å²) < 4.78 is 1.74. The van der Waals surface area contributed by atoms with E-state index < -0.39 is 0 Å². The molecule has 0 aliphatic heterocycles. The molecule has 0 atom stereocenters. The Bertz CT molecular complexity index is 1220. The summed E-state index contributed by atoms with van der Waals surface area (Å²) in [5.41, 5.74) is 4.27. The highest BCUT2D eigenvalue weighted by Gasteiger charge is 2.14. The molecule has 1 amide bonds. The number of nitrogens with zero attached hydrogens (tertiary/aromatic N) is 4. The molecule has 1 N–H and O–H groups in total. The highest BCUT2D eigenvalue weighted by Crippen LogP contribution is 2.24. The van der Waals surface area contributed by atoms with Crippen LogP contribution in [0.4, 0.5) is 5.69 Å². The number of benzene rings is 2. The van der Waals surface area contributed by atoms with E-state index in [1.807, 2.05) is 74.7 Å². The van der Waals surface area contributed by atoms with Crippen molar-refractivity contribution >= 4 is 40.9 Å². The third kappa shape index (κ3) is 4.49. The first-order chi connectivity index (χ1) is 14.5. The van der Waals surface area contributed by atoms with E-state index in [0.717, 1.165) is 27.5 Å². The molecule has 0 aliphatic rings. The van der Waals surface area contributed by atoms with Crippen LogP contribution in [0.1, 0.15) is 27.3 Å². The molecule has 0 spiro atoms. The van der Waals surface area contributed by atoms with Gasteiger partial charge in [-0.15, -0.1) is 16.9 Å². The van der Waals surface area contributed by atoms with Crippen LogP contribution >= 0.6 is 23.5 Å². The van der Waals surface area contributed by atoms with Gasteiger partial charge in [-0.1, -0.05) is 36.0 Å². The lowest BCUT2D eigenvalue weighted by Crippen LogP contribution is -2.14. The van der Waals surface area contributed by atoms with Crippen LogP contribution in [-0.2, 0) is 5.75 Å². The van der Waals surface area contributed by atoms with Crippen molar-refractivity contribution in [2.24, 2.45) is 0 Å². The number of amides is 1. The third-order valence-corrected chi connectivity index (χ3v) is 6.16. The maximum atomic E-state index is 12.9. The number of fused-ring (bicyclic) bond motifs is 1. The van der Waals surface area contributed by atoms with Crippen molar-refractivity contribution in [1.29, 1.82) is 0 Å². The van der Waals surface area contributed by atoms with Gasteiger partial charge in [-0.05, 0) is 56.0 Å². The van der Waals surface area contributed by atoms with E-state index in [2.05, 4.69) is 20.4 Å². The fourth-order valence-corrected chi connectivity index (χ4v) is 4.40. The Morgan fingerprint density at radius 1 is 1.07 bits per heavy atom. The number of aromatic nitrogens is 4. The minimum absolute atomic E-state index is 0.124. The monoisotopic (exact) mass is 435 g/mol. The maximum absolute atomic E-state index is 12.9. The Morgan fingerprint density at radius 3 is 2.73 bits per heavy atom. The van der Waals surface area contributed by atoms with E-state index >= 15 is 0 Å². The standard InChI is InChI=1S/C22H21N5OS2/c1-14-11-15(2)27-21(23-14)25-22(26-27)30-13-16-7-4-5-10-19(16)20(28)24-17-8-6-9-18(12-17)29-3/h4-12H,13H2,1-3H3,(H,24,28). The molecular formula is C22H21N5OS2. The van der Waals surface area contributed by atoms with Gasteiger partial charge in [-0.3, -0.25) is 4.79 Å². The Hall–Kier alpha value is -2.84. The Morgan fingerprint density at radius 2 is 1.90 bits per heavy atom. The van der Waals surface area contributed by atoms with Crippen LogP contribution < -0.4 is 5.32 Å². The molecule has 30 heavy (non-hydrogen) atoms. The number of carbonyl (C=O) groups excluding carboxylic acids is 1. The zero-order valence-corrected chi connectivity index (χ0v) is 18.5. The lowest BCUT2D eigenvalue weighted by molar-refractivity contribution is 0.102. The van der Waals surface area contributed by atoms with Gasteiger partial charge < -0.3 is 5.32 Å². The molecule has 8 heteroatoms. The number of hydrogen-bond donors (Lipinski definition) is 1. The van der Waals surface area contributed by atoms with Crippen LogP contribution in [0, 0.1) is 13.8 Å². The van der Waals surface area contributed by atoms with E-state index in [4.69, 9.17) is 0 Å². The molecule has 0 radical (unpaired) electrons. The van der Waals surface area contributed by atoms with Gasteiger partial charge in [0.05, 0.1) is 0 Å². The number of aryl methyl sites for hydroxylation is 2. The third-order valence-electron chi connectivity index (χ3n) is 4.55. The van der Waals surface area contributed by atoms with Gasteiger partial charge in [-0.2, -0.15) is 4.98 Å². The molecular weight excluding hydrogens is 414 g/mol. The maximum Gasteiger partial charge on any atom is 0.255 e. The van der Waals surface area contributed by atoms with Crippen molar-refractivity contribution in [3.05, 3.63) is 77.1 Å². The summed E-state index contributed by atoms with van der Waals surface area (Å²) in [7, 11) is 0. The number of nitrogens with one attached hydrogen (secondary N) is 1. The van der Waals surface area contributed by atoms with Crippen molar-refractivity contribution in [1.82, 2.24) is 19.6 Å². The number of thioether (sulfide) groups is 2. The average Bonchev–Trinajstić information content (AvgIpc) is 3.16. The summed E-state index contributed by atoms with van der Waals surface area (Å²) in [5, 5.41) is 8.17. The normalized spacial score (nSPS) is 11.0. The molecule has 2 aromatic heterocycles. The largest absolute Gasteiger partial charge is 0.322 e. The molecule has 0 aliphatic carbocycles. The van der Waals surface area contributed by atoms with Crippen molar-refractivity contribution < 1.29 is 4.79 Å². The van der Waals surface area contributed by atoms with Gasteiger partial charge in [0.2, 0.25) is 5.16 Å². The van der Waals surface area contributed by atoms with Gasteiger partial charge in [0.15, 0.2) is 0 Å². The zero-order valence-electron chi connectivity index (χ0n) is 16.9. The molecule has 0 saturated carbocycles. The van der Waals surface area contributed by atoms with Crippen LogP contribution in [0.3, 0.4) is 0 Å². The SMILES string of the molecule is CSc1cccc(NC(=O)c2ccccc2CSc2nc3nc(C)cc(C)n3n2)c1. The number of anilines is 1. The summed E-state index contributed by atoms with van der Waals surface area (Å²) in [6, 6.07) is 17.4. The van der Waals surface area contributed by atoms with Crippen LogP contribution in [0.2, 0.25) is 0 Å². The van der Waals surface area contributed by atoms with Crippen LogP contribution in [0.15, 0.2) is 64.6 Å². The number of rotatable bonds is 6. The molecule has 0 saturated heterocycles. The highest BCUT2D eigenvalue weighted by molar-refractivity contribution is 7.98. The van der Waals surface area contributed by atoms with E-state index in [-0.39, 0.29) is 5.91 Å². The summed E-state index contributed by atoms with van der Waals surface area (Å²) in [6.07, 6.45) is 2.01. The molecule has 4 aromatic rings. The molecule has 6 nitrogen and oxygen atoms in total. The fraction of sp³-hybridized carbons (Fsp3) is 0.182. The second-order valence-electron chi connectivity index (χ2n) is 6.78. The number of carbonyl (C=O) groups is 1. The van der Waals surface area contributed by atoms with Crippen LogP contribution in [-0.4, -0.2) is 31.7 Å². The Labute approximate surface area is 183 Å².